The summed E-state index contributed by atoms with van der Waals surface area (Å²) in [4.78, 5) is 11.9. The molecule has 1 heterocycles. The molecule has 1 aliphatic heterocycles. The molecule has 4 nitrogen and oxygen atoms in total. The maximum absolute atomic E-state index is 11.9. The summed E-state index contributed by atoms with van der Waals surface area (Å²) in [6.45, 7) is 5.54. The number of hydrogen-bond donors (Lipinski definition) is 1. The Kier molecular flexibility index (Phi) is 4.32. The zero-order valence-corrected chi connectivity index (χ0v) is 12.1. The van der Waals surface area contributed by atoms with Crippen LogP contribution >= 0.6 is 0 Å². The highest BCUT2D eigenvalue weighted by molar-refractivity contribution is 5.68. The van der Waals surface area contributed by atoms with Crippen LogP contribution in [0.1, 0.15) is 38.9 Å². The molecule has 0 aromatic heterocycles. The summed E-state index contributed by atoms with van der Waals surface area (Å²) < 4.78 is 11.0. The molecule has 20 heavy (non-hydrogen) atoms. The molecule has 0 saturated carbocycles. The van der Waals surface area contributed by atoms with Crippen LogP contribution in [0.4, 0.5) is 4.79 Å². The number of benzene rings is 1. The lowest BCUT2D eigenvalue weighted by Crippen LogP contribution is -2.43. The van der Waals surface area contributed by atoms with Crippen LogP contribution in [0.2, 0.25) is 0 Å². The molecule has 0 bridgehead atoms. The topological polar surface area (TPSA) is 47.6 Å². The fraction of sp³-hybridized carbons (Fsp3) is 0.438. The summed E-state index contributed by atoms with van der Waals surface area (Å²) in [5, 5.41) is 2.89. The first-order valence-electron chi connectivity index (χ1n) is 6.80. The standard InChI is InChI=1S/C16H21NO3/c1-16(2,3)20-15(18)17-13-10-7-11-19-14(13)12-8-5-4-6-9-12/h4-9,11,13-14H,10H2,1-3H3,(H,17,18)/t13-,14+/m0/s1. The van der Waals surface area contributed by atoms with Gasteiger partial charge in [0, 0.05) is 0 Å². The summed E-state index contributed by atoms with van der Waals surface area (Å²) in [5.41, 5.74) is 0.537. The van der Waals surface area contributed by atoms with Gasteiger partial charge in [-0.1, -0.05) is 30.3 Å². The summed E-state index contributed by atoms with van der Waals surface area (Å²) in [6.07, 6.45) is 3.71. The molecule has 2 rings (SSSR count). The third-order valence-corrected chi connectivity index (χ3v) is 2.91. The number of carbonyl (C=O) groups is 1. The first-order valence-corrected chi connectivity index (χ1v) is 6.80. The minimum atomic E-state index is -0.502. The van der Waals surface area contributed by atoms with E-state index >= 15 is 0 Å². The molecule has 1 aliphatic rings. The van der Waals surface area contributed by atoms with Gasteiger partial charge < -0.3 is 14.8 Å². The van der Waals surface area contributed by atoms with Gasteiger partial charge in [-0.05, 0) is 38.8 Å². The number of amides is 1. The van der Waals surface area contributed by atoms with Crippen LogP contribution in [0, 0.1) is 0 Å². The third-order valence-electron chi connectivity index (χ3n) is 2.91. The zero-order chi connectivity index (χ0) is 14.6. The smallest absolute Gasteiger partial charge is 0.408 e. The Morgan fingerprint density at radius 2 is 2.00 bits per heavy atom. The molecule has 1 amide bonds. The van der Waals surface area contributed by atoms with E-state index < -0.39 is 11.7 Å². The summed E-state index contributed by atoms with van der Waals surface area (Å²) in [6, 6.07) is 9.74. The largest absolute Gasteiger partial charge is 0.491 e. The van der Waals surface area contributed by atoms with Gasteiger partial charge in [-0.3, -0.25) is 0 Å². The number of rotatable bonds is 2. The monoisotopic (exact) mass is 275 g/mol. The number of hydrogen-bond acceptors (Lipinski definition) is 3. The summed E-state index contributed by atoms with van der Waals surface area (Å²) in [7, 11) is 0. The van der Waals surface area contributed by atoms with Gasteiger partial charge in [-0.15, -0.1) is 0 Å². The van der Waals surface area contributed by atoms with Crippen molar-refractivity contribution in [1.29, 1.82) is 0 Å². The first-order chi connectivity index (χ1) is 9.46. The van der Waals surface area contributed by atoms with E-state index in [1.807, 2.05) is 57.2 Å². The lowest BCUT2D eigenvalue weighted by Gasteiger charge is -2.30. The molecular weight excluding hydrogens is 254 g/mol. The zero-order valence-electron chi connectivity index (χ0n) is 12.1. The highest BCUT2D eigenvalue weighted by atomic mass is 16.6. The first kappa shape index (κ1) is 14.4. The molecule has 0 aliphatic carbocycles. The average molecular weight is 275 g/mol. The van der Waals surface area contributed by atoms with Crippen molar-refractivity contribution in [2.45, 2.75) is 44.9 Å². The molecule has 0 radical (unpaired) electrons. The van der Waals surface area contributed by atoms with Crippen LogP contribution in [0.3, 0.4) is 0 Å². The fourth-order valence-electron chi connectivity index (χ4n) is 2.11. The SMILES string of the molecule is CC(C)(C)OC(=O)N[C@H]1CC=CO[C@@H]1c1ccccc1. The lowest BCUT2D eigenvalue weighted by atomic mass is 9.98. The minimum absolute atomic E-state index is 0.128. The van der Waals surface area contributed by atoms with Gasteiger partial charge in [-0.2, -0.15) is 0 Å². The molecule has 2 atom stereocenters. The molecule has 108 valence electrons. The second kappa shape index (κ2) is 5.99. The maximum Gasteiger partial charge on any atom is 0.408 e. The van der Waals surface area contributed by atoms with Crippen LogP contribution in [0.5, 0.6) is 0 Å². The minimum Gasteiger partial charge on any atom is -0.491 e. The van der Waals surface area contributed by atoms with Crippen molar-refractivity contribution in [2.24, 2.45) is 0 Å². The van der Waals surface area contributed by atoms with E-state index in [1.165, 1.54) is 0 Å². The van der Waals surface area contributed by atoms with Crippen molar-refractivity contribution in [3.63, 3.8) is 0 Å². The quantitative estimate of drug-likeness (QED) is 0.897. The normalized spacial score (nSPS) is 21.9. The highest BCUT2D eigenvalue weighted by Gasteiger charge is 2.28. The lowest BCUT2D eigenvalue weighted by molar-refractivity contribution is 0.0374. The molecule has 0 fully saturated rings. The Morgan fingerprint density at radius 1 is 1.30 bits per heavy atom. The van der Waals surface area contributed by atoms with Crippen LogP contribution in [0.25, 0.3) is 0 Å². The Bertz CT molecular complexity index is 476. The van der Waals surface area contributed by atoms with E-state index in [4.69, 9.17) is 9.47 Å². The van der Waals surface area contributed by atoms with Crippen molar-refractivity contribution in [2.75, 3.05) is 0 Å². The van der Waals surface area contributed by atoms with Crippen LogP contribution < -0.4 is 5.32 Å². The predicted molar refractivity (Wildman–Crippen MR) is 77.2 cm³/mol. The van der Waals surface area contributed by atoms with E-state index in [1.54, 1.807) is 6.26 Å². The van der Waals surface area contributed by atoms with E-state index in [0.29, 0.717) is 0 Å². The summed E-state index contributed by atoms with van der Waals surface area (Å²) >= 11 is 0. The van der Waals surface area contributed by atoms with Gasteiger partial charge in [0.25, 0.3) is 0 Å². The Morgan fingerprint density at radius 3 is 2.65 bits per heavy atom. The van der Waals surface area contributed by atoms with Crippen LogP contribution in [-0.2, 0) is 9.47 Å². The van der Waals surface area contributed by atoms with Gasteiger partial charge in [0.05, 0.1) is 12.3 Å². The van der Waals surface area contributed by atoms with Gasteiger partial charge in [0.15, 0.2) is 0 Å². The van der Waals surface area contributed by atoms with Crippen molar-refractivity contribution in [1.82, 2.24) is 5.32 Å². The average Bonchev–Trinajstić information content (AvgIpc) is 2.38. The Balaban J connectivity index is 2.05. The Labute approximate surface area is 119 Å². The van der Waals surface area contributed by atoms with Gasteiger partial charge in [-0.25, -0.2) is 4.79 Å². The Hall–Kier alpha value is -1.97. The van der Waals surface area contributed by atoms with Crippen LogP contribution in [0.15, 0.2) is 42.7 Å². The molecule has 0 unspecified atom stereocenters. The molecule has 0 saturated heterocycles. The fourth-order valence-corrected chi connectivity index (χ4v) is 2.11. The van der Waals surface area contributed by atoms with Crippen LogP contribution in [-0.4, -0.2) is 17.7 Å². The van der Waals surface area contributed by atoms with Crippen molar-refractivity contribution < 1.29 is 14.3 Å². The van der Waals surface area contributed by atoms with Crippen molar-refractivity contribution in [3.05, 3.63) is 48.2 Å². The summed E-state index contributed by atoms with van der Waals surface area (Å²) in [5.74, 6) is 0. The van der Waals surface area contributed by atoms with Gasteiger partial charge >= 0.3 is 6.09 Å². The second-order valence-electron chi connectivity index (χ2n) is 5.83. The van der Waals surface area contributed by atoms with Gasteiger partial charge in [0.2, 0.25) is 0 Å². The maximum atomic E-state index is 11.9. The van der Waals surface area contributed by atoms with E-state index in [2.05, 4.69) is 5.32 Å². The molecule has 1 aromatic rings. The molecule has 0 spiro atoms. The van der Waals surface area contributed by atoms with E-state index in [0.717, 1.165) is 12.0 Å². The second-order valence-corrected chi connectivity index (χ2v) is 5.83. The molecule has 4 heteroatoms. The van der Waals surface area contributed by atoms with E-state index in [9.17, 15) is 4.79 Å². The molecule has 1 aromatic carbocycles. The van der Waals surface area contributed by atoms with Crippen molar-refractivity contribution >= 4 is 6.09 Å². The molecule has 1 N–H and O–H groups in total. The number of alkyl carbamates (subject to hydrolysis) is 1. The number of ether oxygens (including phenoxy) is 2. The number of carbonyl (C=O) groups excluding carboxylic acids is 1. The highest BCUT2D eigenvalue weighted by Crippen LogP contribution is 2.27. The van der Waals surface area contributed by atoms with E-state index in [-0.39, 0.29) is 12.1 Å². The predicted octanol–water partition coefficient (Wildman–Crippen LogP) is 3.56. The van der Waals surface area contributed by atoms with Gasteiger partial charge in [0.1, 0.15) is 11.7 Å². The third kappa shape index (κ3) is 4.02. The number of nitrogens with one attached hydrogen (secondary N) is 1. The van der Waals surface area contributed by atoms with Crippen molar-refractivity contribution in [3.8, 4) is 0 Å². The molecular formula is C16H21NO3.